The van der Waals surface area contributed by atoms with E-state index in [0.717, 1.165) is 12.4 Å². The van der Waals surface area contributed by atoms with Crippen LogP contribution in [0.25, 0.3) is 0 Å². The van der Waals surface area contributed by atoms with Crippen LogP contribution in [-0.4, -0.2) is 40.0 Å². The molecule has 0 radical (unpaired) electrons. The van der Waals surface area contributed by atoms with Crippen molar-refractivity contribution >= 4 is 11.8 Å². The number of likely N-dealkylation sites (N-methyl/N-ethyl adjacent to an activating group) is 1. The van der Waals surface area contributed by atoms with Gasteiger partial charge in [-0.25, -0.2) is 15.0 Å². The lowest BCUT2D eigenvalue weighted by molar-refractivity contribution is 0.251. The molecule has 1 aliphatic heterocycles. The van der Waals surface area contributed by atoms with E-state index >= 15 is 0 Å². The zero-order valence-electron chi connectivity index (χ0n) is 11.7. The maximum atomic E-state index is 4.34. The zero-order chi connectivity index (χ0) is 13.8. The second-order valence-electron chi connectivity index (χ2n) is 5.27. The van der Waals surface area contributed by atoms with Gasteiger partial charge in [-0.05, 0) is 56.1 Å². The van der Waals surface area contributed by atoms with E-state index in [4.69, 9.17) is 0 Å². The first-order valence-corrected chi connectivity index (χ1v) is 7.00. The molecule has 0 unspecified atom stereocenters. The molecule has 0 aromatic carbocycles. The zero-order valence-corrected chi connectivity index (χ0v) is 11.7. The monoisotopic (exact) mass is 269 g/mol. The van der Waals surface area contributed by atoms with E-state index < -0.39 is 0 Å². The van der Waals surface area contributed by atoms with E-state index in [1.807, 2.05) is 6.20 Å². The van der Waals surface area contributed by atoms with Gasteiger partial charge >= 0.3 is 0 Å². The van der Waals surface area contributed by atoms with Gasteiger partial charge in [0.1, 0.15) is 5.82 Å². The van der Waals surface area contributed by atoms with Crippen LogP contribution in [-0.2, 0) is 0 Å². The van der Waals surface area contributed by atoms with Crippen molar-refractivity contribution in [1.82, 2.24) is 19.9 Å². The second-order valence-corrected chi connectivity index (χ2v) is 5.27. The average molecular weight is 269 g/mol. The van der Waals surface area contributed by atoms with E-state index in [0.29, 0.717) is 11.9 Å². The summed E-state index contributed by atoms with van der Waals surface area (Å²) in [5.74, 6) is 1.98. The van der Waals surface area contributed by atoms with Crippen LogP contribution in [0.5, 0.6) is 0 Å². The Labute approximate surface area is 119 Å². The van der Waals surface area contributed by atoms with Gasteiger partial charge < -0.3 is 10.2 Å². The molecular formula is C15H19N5. The predicted octanol–water partition coefficient (Wildman–Crippen LogP) is 2.42. The molecule has 2 aromatic heterocycles. The van der Waals surface area contributed by atoms with Crippen LogP contribution in [0.15, 0.2) is 36.8 Å². The van der Waals surface area contributed by atoms with Crippen LogP contribution in [0.4, 0.5) is 11.8 Å². The standard InChI is InChI=1S/C15H19N5/c1-20-9-2-4-13(11-20)12-5-8-16-14(10-12)19-15-17-6-3-7-18-15/h3,5-8,10,13H,2,4,9,11H2,1H3,(H,16,17,18,19)/t13-/m0/s1. The van der Waals surface area contributed by atoms with Crippen LogP contribution in [0.3, 0.4) is 0 Å². The summed E-state index contributed by atoms with van der Waals surface area (Å²) >= 11 is 0. The Balaban J connectivity index is 1.75. The highest BCUT2D eigenvalue weighted by molar-refractivity contribution is 5.48. The number of aromatic nitrogens is 3. The summed E-state index contributed by atoms with van der Waals surface area (Å²) in [5, 5.41) is 3.15. The fraction of sp³-hybridized carbons (Fsp3) is 0.400. The minimum atomic E-state index is 0.581. The molecule has 2 aromatic rings. The van der Waals surface area contributed by atoms with Gasteiger partial charge in [-0.15, -0.1) is 0 Å². The molecule has 20 heavy (non-hydrogen) atoms. The van der Waals surface area contributed by atoms with Crippen LogP contribution in [0.1, 0.15) is 24.3 Å². The third kappa shape index (κ3) is 3.11. The molecule has 5 heteroatoms. The summed E-state index contributed by atoms with van der Waals surface area (Å²) in [6.07, 6.45) is 7.80. The van der Waals surface area contributed by atoms with Crippen molar-refractivity contribution < 1.29 is 0 Å². The normalized spacial score (nSPS) is 19.8. The predicted molar refractivity (Wildman–Crippen MR) is 79.0 cm³/mol. The Morgan fingerprint density at radius 1 is 1.20 bits per heavy atom. The maximum Gasteiger partial charge on any atom is 0.228 e. The van der Waals surface area contributed by atoms with Gasteiger partial charge in [0.05, 0.1) is 0 Å². The smallest absolute Gasteiger partial charge is 0.228 e. The molecule has 3 heterocycles. The summed E-state index contributed by atoms with van der Waals surface area (Å²) in [6, 6.07) is 6.02. The van der Waals surface area contributed by atoms with Gasteiger partial charge in [0.15, 0.2) is 0 Å². The van der Waals surface area contributed by atoms with E-state index in [1.165, 1.54) is 24.9 Å². The molecule has 0 spiro atoms. The first-order chi connectivity index (χ1) is 9.81. The molecule has 1 aliphatic rings. The minimum Gasteiger partial charge on any atom is -0.309 e. The van der Waals surface area contributed by atoms with E-state index in [-0.39, 0.29) is 0 Å². The molecule has 0 aliphatic carbocycles. The summed E-state index contributed by atoms with van der Waals surface area (Å²) in [4.78, 5) is 15.1. The summed E-state index contributed by atoms with van der Waals surface area (Å²) < 4.78 is 0. The first kappa shape index (κ1) is 13.0. The lowest BCUT2D eigenvalue weighted by atomic mass is 9.91. The number of likely N-dealkylation sites (tertiary alicyclic amines) is 1. The van der Waals surface area contributed by atoms with Crippen molar-refractivity contribution in [2.24, 2.45) is 0 Å². The van der Waals surface area contributed by atoms with Crippen molar-refractivity contribution in [2.45, 2.75) is 18.8 Å². The van der Waals surface area contributed by atoms with Gasteiger partial charge in [0.2, 0.25) is 5.95 Å². The summed E-state index contributed by atoms with van der Waals surface area (Å²) in [7, 11) is 2.18. The Morgan fingerprint density at radius 2 is 2.05 bits per heavy atom. The highest BCUT2D eigenvalue weighted by atomic mass is 15.1. The first-order valence-electron chi connectivity index (χ1n) is 7.00. The van der Waals surface area contributed by atoms with Crippen LogP contribution in [0, 0.1) is 0 Å². The number of piperidine rings is 1. The Kier molecular flexibility index (Phi) is 3.87. The molecule has 1 saturated heterocycles. The summed E-state index contributed by atoms with van der Waals surface area (Å²) in [6.45, 7) is 2.32. The van der Waals surface area contributed by atoms with Gasteiger partial charge in [0.25, 0.3) is 0 Å². The van der Waals surface area contributed by atoms with Gasteiger partial charge in [-0.3, -0.25) is 0 Å². The number of nitrogens with zero attached hydrogens (tertiary/aromatic N) is 4. The fourth-order valence-corrected chi connectivity index (χ4v) is 2.69. The number of hydrogen-bond donors (Lipinski definition) is 1. The van der Waals surface area contributed by atoms with Crippen LogP contribution >= 0.6 is 0 Å². The highest BCUT2D eigenvalue weighted by Gasteiger charge is 2.19. The Bertz CT molecular complexity index is 557. The molecule has 0 amide bonds. The quantitative estimate of drug-likeness (QED) is 0.927. The molecular weight excluding hydrogens is 250 g/mol. The molecule has 3 rings (SSSR count). The largest absolute Gasteiger partial charge is 0.309 e. The topological polar surface area (TPSA) is 53.9 Å². The van der Waals surface area contributed by atoms with E-state index in [2.05, 4.69) is 44.3 Å². The van der Waals surface area contributed by atoms with Gasteiger partial charge in [0, 0.05) is 25.1 Å². The lowest BCUT2D eigenvalue weighted by Gasteiger charge is -2.30. The Morgan fingerprint density at radius 3 is 2.85 bits per heavy atom. The van der Waals surface area contributed by atoms with Crippen molar-refractivity contribution in [2.75, 3.05) is 25.5 Å². The average Bonchev–Trinajstić information content (AvgIpc) is 2.49. The number of rotatable bonds is 3. The second kappa shape index (κ2) is 5.96. The fourth-order valence-electron chi connectivity index (χ4n) is 2.69. The van der Waals surface area contributed by atoms with E-state index in [1.54, 1.807) is 18.5 Å². The number of nitrogens with one attached hydrogen (secondary N) is 1. The van der Waals surface area contributed by atoms with E-state index in [9.17, 15) is 0 Å². The van der Waals surface area contributed by atoms with Crippen molar-refractivity contribution in [3.63, 3.8) is 0 Å². The SMILES string of the molecule is CN1CCC[C@H](c2ccnc(Nc3ncccn3)c2)C1. The van der Waals surface area contributed by atoms with Crippen LogP contribution < -0.4 is 5.32 Å². The van der Waals surface area contributed by atoms with Gasteiger partial charge in [-0.1, -0.05) is 0 Å². The molecule has 5 nitrogen and oxygen atoms in total. The van der Waals surface area contributed by atoms with Crippen molar-refractivity contribution in [1.29, 1.82) is 0 Å². The molecule has 1 N–H and O–H groups in total. The molecule has 0 saturated carbocycles. The van der Waals surface area contributed by atoms with Crippen LogP contribution in [0.2, 0.25) is 0 Å². The number of anilines is 2. The maximum absolute atomic E-state index is 4.34. The van der Waals surface area contributed by atoms with Crippen molar-refractivity contribution in [3.05, 3.63) is 42.4 Å². The summed E-state index contributed by atoms with van der Waals surface area (Å²) in [5.41, 5.74) is 1.34. The lowest BCUT2D eigenvalue weighted by Crippen LogP contribution is -2.30. The van der Waals surface area contributed by atoms with Gasteiger partial charge in [-0.2, -0.15) is 0 Å². The molecule has 104 valence electrons. The minimum absolute atomic E-state index is 0.581. The number of pyridine rings is 1. The molecule has 1 fully saturated rings. The third-order valence-corrected chi connectivity index (χ3v) is 3.69. The van der Waals surface area contributed by atoms with Crippen molar-refractivity contribution in [3.8, 4) is 0 Å². The number of hydrogen-bond acceptors (Lipinski definition) is 5. The molecule has 1 atom stereocenters. The Hall–Kier alpha value is -2.01. The third-order valence-electron chi connectivity index (χ3n) is 3.69. The highest BCUT2D eigenvalue weighted by Crippen LogP contribution is 2.27. The molecule has 0 bridgehead atoms.